The molecular formula is C18H19NO6S. The Morgan fingerprint density at radius 3 is 1.88 bits per heavy atom. The number of benzene rings is 2. The van der Waals surface area contributed by atoms with Gasteiger partial charge in [0.1, 0.15) is 22.2 Å². The van der Waals surface area contributed by atoms with Gasteiger partial charge in [-0.25, -0.2) is 8.42 Å². The van der Waals surface area contributed by atoms with Gasteiger partial charge in [-0.2, -0.15) is 0 Å². The maximum absolute atomic E-state index is 12.9. The van der Waals surface area contributed by atoms with E-state index >= 15 is 0 Å². The maximum atomic E-state index is 12.9. The van der Waals surface area contributed by atoms with E-state index in [2.05, 4.69) is 0 Å². The highest BCUT2D eigenvalue weighted by Gasteiger charge is 2.26. The zero-order valence-corrected chi connectivity index (χ0v) is 15.4. The second-order valence-corrected chi connectivity index (χ2v) is 7.05. The first kappa shape index (κ1) is 19.3. The van der Waals surface area contributed by atoms with Crippen LogP contribution in [0.2, 0.25) is 0 Å². The second kappa shape index (κ2) is 7.92. The summed E-state index contributed by atoms with van der Waals surface area (Å²) >= 11 is 0. The van der Waals surface area contributed by atoms with Crippen LogP contribution in [0.15, 0.2) is 52.3 Å². The van der Waals surface area contributed by atoms with Crippen LogP contribution < -0.4 is 19.9 Å². The highest BCUT2D eigenvalue weighted by atomic mass is 32.2. The molecule has 0 bridgehead atoms. The van der Waals surface area contributed by atoms with Crippen LogP contribution in [-0.2, 0) is 14.6 Å². The topological polar surface area (TPSA) is 105 Å². The minimum Gasteiger partial charge on any atom is -0.497 e. The molecule has 26 heavy (non-hydrogen) atoms. The zero-order chi connectivity index (χ0) is 19.3. The highest BCUT2D eigenvalue weighted by molar-refractivity contribution is 7.96. The molecule has 0 aromatic heterocycles. The third-order valence-corrected chi connectivity index (χ3v) is 5.43. The smallest absolute Gasteiger partial charge is 0.260 e. The Morgan fingerprint density at radius 2 is 1.46 bits per heavy atom. The van der Waals surface area contributed by atoms with Crippen LogP contribution in [0.5, 0.6) is 17.2 Å². The van der Waals surface area contributed by atoms with Crippen molar-refractivity contribution >= 4 is 21.8 Å². The van der Waals surface area contributed by atoms with E-state index in [4.69, 9.17) is 19.9 Å². The molecule has 0 heterocycles. The summed E-state index contributed by atoms with van der Waals surface area (Å²) in [4.78, 5) is 11.3. The number of hydrogen-bond acceptors (Lipinski definition) is 6. The van der Waals surface area contributed by atoms with Crippen LogP contribution in [0.1, 0.15) is 5.56 Å². The van der Waals surface area contributed by atoms with Gasteiger partial charge in [-0.3, -0.25) is 4.79 Å². The van der Waals surface area contributed by atoms with Gasteiger partial charge >= 0.3 is 0 Å². The van der Waals surface area contributed by atoms with Crippen molar-refractivity contribution in [1.29, 1.82) is 0 Å². The number of hydrogen-bond donors (Lipinski definition) is 1. The van der Waals surface area contributed by atoms with Crippen LogP contribution in [0, 0.1) is 0 Å². The lowest BCUT2D eigenvalue weighted by atomic mass is 10.1. The molecule has 2 aromatic carbocycles. The lowest BCUT2D eigenvalue weighted by Crippen LogP contribution is -2.21. The fraction of sp³-hybridized carbons (Fsp3) is 0.167. The van der Waals surface area contributed by atoms with Crippen LogP contribution in [-0.4, -0.2) is 35.7 Å². The Bertz CT molecular complexity index is 910. The fourth-order valence-corrected chi connectivity index (χ4v) is 3.60. The van der Waals surface area contributed by atoms with Crippen LogP contribution >= 0.6 is 0 Å². The van der Waals surface area contributed by atoms with Gasteiger partial charge in [0.25, 0.3) is 5.91 Å². The van der Waals surface area contributed by atoms with Crippen molar-refractivity contribution in [3.8, 4) is 17.2 Å². The highest BCUT2D eigenvalue weighted by Crippen LogP contribution is 2.32. The van der Waals surface area contributed by atoms with Crippen LogP contribution in [0.3, 0.4) is 0 Å². The van der Waals surface area contributed by atoms with Gasteiger partial charge in [-0.15, -0.1) is 0 Å². The summed E-state index contributed by atoms with van der Waals surface area (Å²) in [6.45, 7) is 0. The molecular weight excluding hydrogens is 358 g/mol. The molecule has 0 unspecified atom stereocenters. The number of rotatable bonds is 7. The van der Waals surface area contributed by atoms with Crippen LogP contribution in [0.25, 0.3) is 6.08 Å². The molecule has 0 fully saturated rings. The van der Waals surface area contributed by atoms with Gasteiger partial charge in [0.15, 0.2) is 0 Å². The van der Waals surface area contributed by atoms with Crippen molar-refractivity contribution in [2.45, 2.75) is 4.90 Å². The minimum atomic E-state index is -4.15. The van der Waals surface area contributed by atoms with E-state index in [1.54, 1.807) is 18.2 Å². The van der Waals surface area contributed by atoms with Crippen LogP contribution in [0.4, 0.5) is 0 Å². The number of nitrogens with two attached hydrogens (primary N) is 1. The van der Waals surface area contributed by atoms with Gasteiger partial charge < -0.3 is 19.9 Å². The molecule has 0 atom stereocenters. The molecule has 138 valence electrons. The molecule has 2 rings (SSSR count). The van der Waals surface area contributed by atoms with Gasteiger partial charge in [0.2, 0.25) is 9.84 Å². The van der Waals surface area contributed by atoms with E-state index in [1.807, 2.05) is 0 Å². The number of methoxy groups -OCH3 is 3. The lowest BCUT2D eigenvalue weighted by Gasteiger charge is -2.12. The predicted molar refractivity (Wildman–Crippen MR) is 96.9 cm³/mol. The molecule has 0 radical (unpaired) electrons. The average molecular weight is 377 g/mol. The number of carbonyl (C=O) groups is 1. The van der Waals surface area contributed by atoms with E-state index in [0.717, 1.165) is 6.08 Å². The molecule has 2 N–H and O–H groups in total. The van der Waals surface area contributed by atoms with Gasteiger partial charge in [-0.05, 0) is 42.5 Å². The minimum absolute atomic E-state index is 0.0859. The molecule has 0 saturated heterocycles. The van der Waals surface area contributed by atoms with Crippen molar-refractivity contribution in [2.75, 3.05) is 21.3 Å². The van der Waals surface area contributed by atoms with Gasteiger partial charge in [0, 0.05) is 0 Å². The quantitative estimate of drug-likeness (QED) is 0.740. The van der Waals surface area contributed by atoms with E-state index in [0.29, 0.717) is 22.8 Å². The summed E-state index contributed by atoms with van der Waals surface area (Å²) in [5.41, 5.74) is 5.65. The summed E-state index contributed by atoms with van der Waals surface area (Å²) in [7, 11) is 0.160. The van der Waals surface area contributed by atoms with Crippen molar-refractivity contribution in [3.63, 3.8) is 0 Å². The van der Waals surface area contributed by atoms with E-state index < -0.39 is 20.6 Å². The Balaban J connectivity index is 2.66. The summed E-state index contributed by atoms with van der Waals surface area (Å²) in [6, 6.07) is 10.6. The van der Waals surface area contributed by atoms with Crippen molar-refractivity contribution < 1.29 is 27.4 Å². The third kappa shape index (κ3) is 3.80. The number of ether oxygens (including phenoxy) is 3. The SMILES string of the molecule is COc1ccc(S(=O)(=O)C(=Cc2c(OC)cccc2OC)C(N)=O)cc1. The maximum Gasteiger partial charge on any atom is 0.260 e. The Kier molecular flexibility index (Phi) is 5.89. The Hall–Kier alpha value is -3.00. The van der Waals surface area contributed by atoms with E-state index in [9.17, 15) is 13.2 Å². The number of primary amides is 1. The fourth-order valence-electron chi connectivity index (χ4n) is 2.32. The summed E-state index contributed by atoms with van der Waals surface area (Å²) in [6.07, 6.45) is 1.15. The summed E-state index contributed by atoms with van der Waals surface area (Å²) in [5, 5.41) is 0. The molecule has 0 spiro atoms. The second-order valence-electron chi connectivity index (χ2n) is 5.13. The number of carbonyl (C=O) groups excluding carboxylic acids is 1. The van der Waals surface area contributed by atoms with E-state index in [1.165, 1.54) is 45.6 Å². The van der Waals surface area contributed by atoms with Gasteiger partial charge in [0.05, 0.1) is 31.8 Å². The largest absolute Gasteiger partial charge is 0.497 e. The number of amides is 1. The first-order valence-corrected chi connectivity index (χ1v) is 8.95. The monoisotopic (exact) mass is 377 g/mol. The molecule has 2 aromatic rings. The third-order valence-electron chi connectivity index (χ3n) is 3.64. The van der Waals surface area contributed by atoms with Gasteiger partial charge in [-0.1, -0.05) is 6.07 Å². The summed E-state index contributed by atoms with van der Waals surface area (Å²) in [5.74, 6) is 0.0785. The molecule has 0 aliphatic heterocycles. The molecule has 8 heteroatoms. The van der Waals surface area contributed by atoms with E-state index in [-0.39, 0.29) is 4.90 Å². The number of sulfone groups is 1. The Labute approximate surface area is 151 Å². The predicted octanol–water partition coefficient (Wildman–Crippen LogP) is 2.01. The van der Waals surface area contributed by atoms with Crippen molar-refractivity contribution in [1.82, 2.24) is 0 Å². The molecule has 7 nitrogen and oxygen atoms in total. The first-order chi connectivity index (χ1) is 12.3. The molecule has 0 aliphatic rings. The molecule has 1 amide bonds. The first-order valence-electron chi connectivity index (χ1n) is 7.46. The molecule has 0 saturated carbocycles. The standard InChI is InChI=1S/C18H19NO6S/c1-23-12-7-9-13(10-8-12)26(21,22)17(18(19)20)11-14-15(24-2)5-4-6-16(14)25-3/h4-11H,1-3H3,(H2,19,20). The molecule has 0 aliphatic carbocycles. The lowest BCUT2D eigenvalue weighted by molar-refractivity contribution is -0.113. The van der Waals surface area contributed by atoms with Crippen molar-refractivity contribution in [2.24, 2.45) is 5.73 Å². The Morgan fingerprint density at radius 1 is 0.923 bits per heavy atom. The van der Waals surface area contributed by atoms with Crippen molar-refractivity contribution in [3.05, 3.63) is 52.9 Å². The zero-order valence-electron chi connectivity index (χ0n) is 14.6. The summed E-state index contributed by atoms with van der Waals surface area (Å²) < 4.78 is 41.2. The normalized spacial score (nSPS) is 11.7. The average Bonchev–Trinajstić information content (AvgIpc) is 2.65.